The Bertz CT molecular complexity index is 1940. The summed E-state index contributed by atoms with van der Waals surface area (Å²) in [6, 6.07) is 0. The molecule has 6 atom stereocenters. The SMILES string of the molecule is CCC(C)CCCCCCCCC(=O)OC[C@H](COP(=O)(O)OC[C@H](O)COP(=O)(O)OC[C@@H](COC(=O)CCCCCCCCCCCCC(C)C)OC(=O)CCCCCCCCCCCCCCC(C)C)OC(=O)CCCCCCCCCCCCCCCCCCCCC(C)C. The zero-order valence-corrected chi connectivity index (χ0v) is 66.9. The highest BCUT2D eigenvalue weighted by Crippen LogP contribution is 2.45. The van der Waals surface area contributed by atoms with Gasteiger partial charge in [-0.05, 0) is 49.4 Å². The highest BCUT2D eigenvalue weighted by Gasteiger charge is 2.30. The maximum atomic E-state index is 13.1. The molecule has 0 saturated carbocycles. The van der Waals surface area contributed by atoms with Gasteiger partial charge in [-0.25, -0.2) is 9.13 Å². The average Bonchev–Trinajstić information content (AvgIpc) is 1.26. The van der Waals surface area contributed by atoms with Gasteiger partial charge in [0.2, 0.25) is 0 Å². The Morgan fingerprint density at radius 2 is 0.485 bits per heavy atom. The first kappa shape index (κ1) is 97.1. The third-order valence-electron chi connectivity index (χ3n) is 18.9. The van der Waals surface area contributed by atoms with Crippen molar-refractivity contribution in [3.05, 3.63) is 0 Å². The molecule has 0 aromatic carbocycles. The summed E-state index contributed by atoms with van der Waals surface area (Å²) in [4.78, 5) is 73.0. The highest BCUT2D eigenvalue weighted by molar-refractivity contribution is 7.47. The molecule has 0 bridgehead atoms. The van der Waals surface area contributed by atoms with E-state index in [0.29, 0.717) is 25.7 Å². The summed E-state index contributed by atoms with van der Waals surface area (Å²) in [5.41, 5.74) is 0. The molecule has 0 aliphatic heterocycles. The van der Waals surface area contributed by atoms with Crippen molar-refractivity contribution in [3.8, 4) is 0 Å². The number of hydrogen-bond donors (Lipinski definition) is 3. The molecular weight excluding hydrogens is 1290 g/mol. The van der Waals surface area contributed by atoms with Crippen LogP contribution in [0.25, 0.3) is 0 Å². The summed E-state index contributed by atoms with van der Waals surface area (Å²) in [7, 11) is -9.92. The van der Waals surface area contributed by atoms with Crippen molar-refractivity contribution < 1.29 is 80.2 Å². The molecular formula is C80H156O17P2. The fourth-order valence-corrected chi connectivity index (χ4v) is 13.8. The number of aliphatic hydroxyl groups is 1. The zero-order chi connectivity index (χ0) is 73.1. The molecule has 588 valence electrons. The van der Waals surface area contributed by atoms with Gasteiger partial charge in [-0.1, -0.05) is 357 Å². The molecule has 0 spiro atoms. The Morgan fingerprint density at radius 1 is 0.283 bits per heavy atom. The molecule has 0 aliphatic rings. The molecule has 0 rings (SSSR count). The lowest BCUT2D eigenvalue weighted by atomic mass is 10.00. The van der Waals surface area contributed by atoms with Gasteiger partial charge in [0.25, 0.3) is 0 Å². The number of ether oxygens (including phenoxy) is 4. The van der Waals surface area contributed by atoms with Crippen molar-refractivity contribution in [3.63, 3.8) is 0 Å². The standard InChI is InChI=1S/C80H156O17P2/c1-9-73(8)59-51-43-38-39-45-53-61-78(83)91-67-76(97-80(85)62-54-46-36-30-22-17-15-13-11-10-12-14-16-20-26-32-40-48-56-70(2)3)69-95-99(88,89)93-65-74(81)64-92-98(86,87)94-68-75(66-90-77(82)60-52-44-35-29-25-24-28-34-42-50-58-72(6)7)96-79(84)63-55-47-37-31-23-19-18-21-27-33-41-49-57-71(4)5/h70-76,81H,9-69H2,1-8H3,(H,86,87)(H,88,89)/t73?,74-,75-,76-/m1/s1. The number of phosphoric acid groups is 2. The molecule has 19 heteroatoms. The topological polar surface area (TPSA) is 237 Å². The summed E-state index contributed by atoms with van der Waals surface area (Å²) in [6.45, 7) is 14.2. The van der Waals surface area contributed by atoms with Gasteiger partial charge >= 0.3 is 39.5 Å². The second-order valence-corrected chi connectivity index (χ2v) is 33.4. The van der Waals surface area contributed by atoms with E-state index >= 15 is 0 Å². The van der Waals surface area contributed by atoms with Crippen LogP contribution in [-0.2, 0) is 65.4 Å². The van der Waals surface area contributed by atoms with Crippen LogP contribution in [-0.4, -0.2) is 96.7 Å². The number of aliphatic hydroxyl groups excluding tert-OH is 1. The summed E-state index contributed by atoms with van der Waals surface area (Å²) < 4.78 is 68.7. The van der Waals surface area contributed by atoms with Crippen molar-refractivity contribution in [1.82, 2.24) is 0 Å². The van der Waals surface area contributed by atoms with Crippen LogP contribution in [0, 0.1) is 23.7 Å². The van der Waals surface area contributed by atoms with E-state index in [0.717, 1.165) is 120 Å². The smallest absolute Gasteiger partial charge is 0.462 e. The van der Waals surface area contributed by atoms with Crippen molar-refractivity contribution >= 4 is 39.5 Å². The Kier molecular flexibility index (Phi) is 67.8. The third kappa shape index (κ3) is 72.8. The first-order valence-corrected chi connectivity index (χ1v) is 44.2. The van der Waals surface area contributed by atoms with Crippen LogP contribution in [0.4, 0.5) is 0 Å². The van der Waals surface area contributed by atoms with E-state index in [4.69, 9.17) is 37.0 Å². The fraction of sp³-hybridized carbons (Fsp3) is 0.950. The van der Waals surface area contributed by atoms with Crippen molar-refractivity contribution in [2.24, 2.45) is 23.7 Å². The lowest BCUT2D eigenvalue weighted by molar-refractivity contribution is -0.161. The molecule has 0 fully saturated rings. The van der Waals surface area contributed by atoms with E-state index in [9.17, 15) is 43.2 Å². The highest BCUT2D eigenvalue weighted by atomic mass is 31.2. The van der Waals surface area contributed by atoms with Crippen LogP contribution in [0.3, 0.4) is 0 Å². The number of rotatable bonds is 77. The Balaban J connectivity index is 5.21. The fourth-order valence-electron chi connectivity index (χ4n) is 12.2. The van der Waals surface area contributed by atoms with Gasteiger partial charge in [0.05, 0.1) is 26.4 Å². The van der Waals surface area contributed by atoms with Gasteiger partial charge in [-0.15, -0.1) is 0 Å². The Hall–Kier alpha value is -1.94. The quantitative estimate of drug-likeness (QED) is 0.0222. The van der Waals surface area contributed by atoms with E-state index in [-0.39, 0.29) is 25.7 Å². The number of esters is 4. The molecule has 99 heavy (non-hydrogen) atoms. The largest absolute Gasteiger partial charge is 0.472 e. The molecule has 0 amide bonds. The Morgan fingerprint density at radius 3 is 0.717 bits per heavy atom. The maximum absolute atomic E-state index is 13.1. The average molecular weight is 1450 g/mol. The van der Waals surface area contributed by atoms with Crippen LogP contribution >= 0.6 is 15.6 Å². The third-order valence-corrected chi connectivity index (χ3v) is 20.8. The molecule has 17 nitrogen and oxygen atoms in total. The van der Waals surface area contributed by atoms with E-state index in [1.165, 1.54) is 205 Å². The maximum Gasteiger partial charge on any atom is 0.472 e. The number of phosphoric ester groups is 2. The van der Waals surface area contributed by atoms with Crippen LogP contribution < -0.4 is 0 Å². The number of unbranched alkanes of at least 4 members (excludes halogenated alkanes) is 42. The second kappa shape index (κ2) is 69.1. The molecule has 0 aromatic rings. The van der Waals surface area contributed by atoms with E-state index in [1.807, 2.05) is 0 Å². The first-order chi connectivity index (χ1) is 47.6. The van der Waals surface area contributed by atoms with Crippen molar-refractivity contribution in [2.45, 2.75) is 427 Å². The number of carbonyl (C=O) groups excluding carboxylic acids is 4. The van der Waals surface area contributed by atoms with Gasteiger partial charge in [0, 0.05) is 25.7 Å². The first-order valence-electron chi connectivity index (χ1n) is 41.2. The van der Waals surface area contributed by atoms with Crippen LogP contribution in [0.2, 0.25) is 0 Å². The van der Waals surface area contributed by atoms with Crippen LogP contribution in [0.15, 0.2) is 0 Å². The lowest BCUT2D eigenvalue weighted by Gasteiger charge is -2.21. The van der Waals surface area contributed by atoms with Gasteiger partial charge in [-0.2, -0.15) is 0 Å². The molecule has 0 aromatic heterocycles. The van der Waals surface area contributed by atoms with Gasteiger partial charge < -0.3 is 33.8 Å². The Labute approximate surface area is 607 Å². The van der Waals surface area contributed by atoms with Crippen molar-refractivity contribution in [1.29, 1.82) is 0 Å². The van der Waals surface area contributed by atoms with Crippen molar-refractivity contribution in [2.75, 3.05) is 39.6 Å². The molecule has 0 heterocycles. The summed E-state index contributed by atoms with van der Waals surface area (Å²) in [5.74, 6) is 0.970. The minimum atomic E-state index is -4.96. The number of hydrogen-bond acceptors (Lipinski definition) is 15. The minimum absolute atomic E-state index is 0.106. The molecule has 0 radical (unpaired) electrons. The molecule has 3 N–H and O–H groups in total. The van der Waals surface area contributed by atoms with Gasteiger partial charge in [0.1, 0.15) is 19.3 Å². The second-order valence-electron chi connectivity index (χ2n) is 30.5. The van der Waals surface area contributed by atoms with E-state index in [2.05, 4.69) is 55.4 Å². The normalized spacial score (nSPS) is 14.3. The zero-order valence-electron chi connectivity index (χ0n) is 65.1. The minimum Gasteiger partial charge on any atom is -0.462 e. The van der Waals surface area contributed by atoms with Gasteiger partial charge in [-0.3, -0.25) is 37.3 Å². The van der Waals surface area contributed by atoms with E-state index in [1.54, 1.807) is 0 Å². The molecule has 3 unspecified atom stereocenters. The number of carbonyl (C=O) groups is 4. The van der Waals surface area contributed by atoms with Crippen LogP contribution in [0.5, 0.6) is 0 Å². The summed E-state index contributed by atoms with van der Waals surface area (Å²) in [6.07, 6.45) is 55.6. The lowest BCUT2D eigenvalue weighted by Crippen LogP contribution is -2.30. The molecule has 0 saturated heterocycles. The summed E-state index contributed by atoms with van der Waals surface area (Å²) in [5, 5.41) is 10.6. The van der Waals surface area contributed by atoms with Gasteiger partial charge in [0.15, 0.2) is 12.2 Å². The predicted octanol–water partition coefficient (Wildman–Crippen LogP) is 23.6. The van der Waals surface area contributed by atoms with Crippen LogP contribution in [0.1, 0.15) is 409 Å². The van der Waals surface area contributed by atoms with E-state index < -0.39 is 97.5 Å². The molecule has 0 aliphatic carbocycles. The summed E-state index contributed by atoms with van der Waals surface area (Å²) >= 11 is 0. The monoisotopic (exact) mass is 1450 g/mol. The predicted molar refractivity (Wildman–Crippen MR) is 404 cm³/mol.